The van der Waals surface area contributed by atoms with Crippen molar-refractivity contribution in [2.24, 2.45) is 0 Å². The van der Waals surface area contributed by atoms with Crippen LogP contribution in [0.1, 0.15) is 54.0 Å². The summed E-state index contributed by atoms with van der Waals surface area (Å²) in [7, 11) is 0. The largest absolute Gasteiger partial charge is 0.416 e. The molecule has 0 saturated heterocycles. The van der Waals surface area contributed by atoms with Crippen molar-refractivity contribution in [2.75, 3.05) is 11.4 Å². The molecule has 1 aromatic heterocycles. The number of anilines is 1. The first-order valence-electron chi connectivity index (χ1n) is 8.41. The quantitative estimate of drug-likeness (QED) is 0.872. The van der Waals surface area contributed by atoms with E-state index >= 15 is 0 Å². The summed E-state index contributed by atoms with van der Waals surface area (Å²) >= 11 is 0. The molecule has 0 fully saturated rings. The second kappa shape index (κ2) is 7.49. The average Bonchev–Trinajstić information content (AvgIpc) is 3.01. The van der Waals surface area contributed by atoms with Gasteiger partial charge in [0.15, 0.2) is 0 Å². The van der Waals surface area contributed by atoms with Crippen LogP contribution in [0.3, 0.4) is 0 Å². The Balaban J connectivity index is 0.00000117. The van der Waals surface area contributed by atoms with Gasteiger partial charge in [0.25, 0.3) is 5.91 Å². The van der Waals surface area contributed by atoms with Crippen molar-refractivity contribution in [1.29, 1.82) is 0 Å². The van der Waals surface area contributed by atoms with Crippen LogP contribution in [-0.4, -0.2) is 27.3 Å². The molecule has 0 aliphatic carbocycles. The number of rotatable bonds is 2. The van der Waals surface area contributed by atoms with E-state index in [1.165, 1.54) is 17.0 Å². The summed E-state index contributed by atoms with van der Waals surface area (Å²) in [4.78, 5) is 14.1. The minimum atomic E-state index is -4.55. The first kappa shape index (κ1) is 20.0. The Hall–Kier alpha value is -2.35. The van der Waals surface area contributed by atoms with E-state index in [4.69, 9.17) is 0 Å². The molecule has 1 N–H and O–H groups in total. The number of aromatic nitrogens is 2. The van der Waals surface area contributed by atoms with E-state index in [1.807, 2.05) is 20.8 Å². The molecule has 1 atom stereocenters. The zero-order valence-corrected chi connectivity index (χ0v) is 15.1. The first-order valence-corrected chi connectivity index (χ1v) is 8.41. The molecule has 0 bridgehead atoms. The predicted octanol–water partition coefficient (Wildman–Crippen LogP) is 3.95. The fraction of sp³-hybridized carbons (Fsp3) is 0.444. The zero-order valence-electron chi connectivity index (χ0n) is 15.1. The van der Waals surface area contributed by atoms with E-state index in [9.17, 15) is 23.1 Å². The lowest BCUT2D eigenvalue weighted by Gasteiger charge is -2.32. The van der Waals surface area contributed by atoms with Gasteiger partial charge in [0.05, 0.1) is 24.4 Å². The molecule has 0 spiro atoms. The van der Waals surface area contributed by atoms with Gasteiger partial charge in [0.2, 0.25) is 0 Å². The molecule has 5 nitrogen and oxygen atoms in total. The van der Waals surface area contributed by atoms with Gasteiger partial charge in [-0.15, -0.1) is 0 Å². The number of alkyl halides is 3. The highest BCUT2D eigenvalue weighted by molar-refractivity contribution is 6.06. The van der Waals surface area contributed by atoms with Crippen LogP contribution in [0, 0.1) is 6.92 Å². The maximum atomic E-state index is 13.0. The number of carbonyl (C=O) groups excluding carboxylic acids is 1. The number of nitrogens with zero attached hydrogens (tertiary/aromatic N) is 3. The van der Waals surface area contributed by atoms with Crippen molar-refractivity contribution >= 4 is 11.6 Å². The number of hydrogen-bond acceptors (Lipinski definition) is 3. The molecule has 1 aromatic carbocycles. The molecular formula is C18H22F3N3O2. The zero-order chi connectivity index (χ0) is 19.6. The minimum Gasteiger partial charge on any atom is -0.392 e. The SMILES string of the molecule is CC.Cc1cnn2c1C(=O)N(c1ccc(C(F)(F)F)c(CO)c1)CC2C. The summed E-state index contributed by atoms with van der Waals surface area (Å²) in [6.45, 7) is 7.19. The van der Waals surface area contributed by atoms with E-state index < -0.39 is 18.3 Å². The molecule has 0 radical (unpaired) electrons. The van der Waals surface area contributed by atoms with E-state index in [0.29, 0.717) is 23.5 Å². The number of hydrogen-bond donors (Lipinski definition) is 1. The Labute approximate surface area is 150 Å². The Kier molecular flexibility index (Phi) is 5.75. The third-order valence-corrected chi connectivity index (χ3v) is 4.17. The van der Waals surface area contributed by atoms with Crippen LogP contribution in [0.5, 0.6) is 0 Å². The second-order valence-electron chi connectivity index (χ2n) is 5.88. The Morgan fingerprint density at radius 3 is 2.54 bits per heavy atom. The Morgan fingerprint density at radius 1 is 1.31 bits per heavy atom. The summed E-state index contributed by atoms with van der Waals surface area (Å²) in [5, 5.41) is 13.5. The average molecular weight is 369 g/mol. The Bertz CT molecular complexity index is 799. The molecule has 3 rings (SSSR count). The van der Waals surface area contributed by atoms with E-state index in [-0.39, 0.29) is 17.5 Å². The van der Waals surface area contributed by atoms with Gasteiger partial charge in [0, 0.05) is 17.8 Å². The standard InChI is InChI=1S/C16H16F3N3O2.C2H6/c1-9-6-20-22-10(2)7-21(15(24)14(9)22)12-3-4-13(16(17,18)19)11(5-12)8-23;1-2/h3-6,10,23H,7-8H2,1-2H3;1-2H3. The van der Waals surface area contributed by atoms with E-state index in [0.717, 1.165) is 6.07 Å². The summed E-state index contributed by atoms with van der Waals surface area (Å²) < 4.78 is 40.5. The van der Waals surface area contributed by atoms with Gasteiger partial charge in [-0.25, -0.2) is 0 Å². The van der Waals surface area contributed by atoms with Crippen LogP contribution in [0.4, 0.5) is 18.9 Å². The van der Waals surface area contributed by atoms with E-state index in [1.54, 1.807) is 17.8 Å². The minimum absolute atomic E-state index is 0.105. The number of halogens is 3. The van der Waals surface area contributed by atoms with Gasteiger partial charge in [-0.1, -0.05) is 13.8 Å². The highest BCUT2D eigenvalue weighted by Gasteiger charge is 2.35. The fourth-order valence-electron chi connectivity index (χ4n) is 2.98. The number of aliphatic hydroxyl groups excluding tert-OH is 1. The lowest BCUT2D eigenvalue weighted by Crippen LogP contribution is -2.43. The number of carbonyl (C=O) groups is 1. The third kappa shape index (κ3) is 3.46. The van der Waals surface area contributed by atoms with Crippen molar-refractivity contribution in [3.63, 3.8) is 0 Å². The van der Waals surface area contributed by atoms with Crippen molar-refractivity contribution in [3.05, 3.63) is 46.8 Å². The summed E-state index contributed by atoms with van der Waals surface area (Å²) in [6, 6.07) is 3.27. The molecule has 1 aliphatic heterocycles. The van der Waals surface area contributed by atoms with Crippen molar-refractivity contribution in [1.82, 2.24) is 9.78 Å². The highest BCUT2D eigenvalue weighted by Crippen LogP contribution is 2.35. The molecule has 8 heteroatoms. The number of aryl methyl sites for hydroxylation is 1. The number of amides is 1. The van der Waals surface area contributed by atoms with Gasteiger partial charge >= 0.3 is 6.18 Å². The van der Waals surface area contributed by atoms with Crippen LogP contribution in [0.25, 0.3) is 0 Å². The lowest BCUT2D eigenvalue weighted by molar-refractivity contribution is -0.138. The molecule has 1 aliphatic rings. The van der Waals surface area contributed by atoms with Gasteiger partial charge < -0.3 is 10.0 Å². The van der Waals surface area contributed by atoms with Crippen LogP contribution >= 0.6 is 0 Å². The second-order valence-corrected chi connectivity index (χ2v) is 5.88. The third-order valence-electron chi connectivity index (χ3n) is 4.17. The van der Waals surface area contributed by atoms with Crippen molar-refractivity contribution in [2.45, 2.75) is 46.5 Å². The number of benzene rings is 1. The monoisotopic (exact) mass is 369 g/mol. The van der Waals surface area contributed by atoms with Crippen LogP contribution in [-0.2, 0) is 12.8 Å². The van der Waals surface area contributed by atoms with Gasteiger partial charge in [-0.2, -0.15) is 18.3 Å². The van der Waals surface area contributed by atoms with Gasteiger partial charge in [-0.05, 0) is 37.6 Å². The molecule has 0 saturated carbocycles. The number of fused-ring (bicyclic) bond motifs is 1. The molecular weight excluding hydrogens is 347 g/mol. The molecule has 2 aromatic rings. The van der Waals surface area contributed by atoms with Crippen LogP contribution < -0.4 is 4.90 Å². The summed E-state index contributed by atoms with van der Waals surface area (Å²) in [5.74, 6) is -0.313. The normalized spacial score (nSPS) is 16.8. The maximum absolute atomic E-state index is 13.0. The van der Waals surface area contributed by atoms with Gasteiger partial charge in [-0.3, -0.25) is 9.48 Å². The lowest BCUT2D eigenvalue weighted by atomic mass is 10.0. The molecule has 1 unspecified atom stereocenters. The van der Waals surface area contributed by atoms with Gasteiger partial charge in [0.1, 0.15) is 5.69 Å². The smallest absolute Gasteiger partial charge is 0.392 e. The number of aliphatic hydroxyl groups is 1. The molecule has 2 heterocycles. The predicted molar refractivity (Wildman–Crippen MR) is 92.1 cm³/mol. The van der Waals surface area contributed by atoms with Crippen molar-refractivity contribution in [3.8, 4) is 0 Å². The summed E-state index contributed by atoms with van der Waals surface area (Å²) in [6.07, 6.45) is -2.95. The Morgan fingerprint density at radius 2 is 1.96 bits per heavy atom. The first-order chi connectivity index (χ1) is 12.2. The van der Waals surface area contributed by atoms with Crippen LogP contribution in [0.2, 0.25) is 0 Å². The topological polar surface area (TPSA) is 58.4 Å². The molecule has 1 amide bonds. The molecule has 142 valence electrons. The fourth-order valence-corrected chi connectivity index (χ4v) is 2.98. The highest BCUT2D eigenvalue weighted by atomic mass is 19.4. The summed E-state index contributed by atoms with van der Waals surface area (Å²) in [5.41, 5.74) is 0.324. The van der Waals surface area contributed by atoms with Crippen molar-refractivity contribution < 1.29 is 23.1 Å². The van der Waals surface area contributed by atoms with Crippen LogP contribution in [0.15, 0.2) is 24.4 Å². The van der Waals surface area contributed by atoms with E-state index in [2.05, 4.69) is 5.10 Å². The molecule has 26 heavy (non-hydrogen) atoms. The maximum Gasteiger partial charge on any atom is 0.416 e.